The summed E-state index contributed by atoms with van der Waals surface area (Å²) in [5, 5.41) is 11.1. The predicted molar refractivity (Wildman–Crippen MR) is 55.8 cm³/mol. The standard InChI is InChI=1S/C3H5ClO.2CH4N4/c1-2-3(4)5-2;2*2-4-1-5-3/h2-3H,1H3;2*1-2H,3H2. The number of nitrogens with one attached hydrogen (secondary N) is 2. The fourth-order valence-corrected chi connectivity index (χ4v) is 0.389. The topological polar surface area (TPSA) is 162 Å². The van der Waals surface area contributed by atoms with Crippen LogP contribution >= 0.6 is 11.6 Å². The predicted octanol–water partition coefficient (Wildman–Crippen LogP) is 0.809. The van der Waals surface area contributed by atoms with Gasteiger partial charge in [-0.05, 0) is 6.92 Å². The molecule has 2 atom stereocenters. The van der Waals surface area contributed by atoms with E-state index >= 15 is 0 Å². The van der Waals surface area contributed by atoms with Crippen LogP contribution in [0.25, 0.3) is 0 Å². The second-order valence-electron chi connectivity index (χ2n) is 1.98. The van der Waals surface area contributed by atoms with Crippen molar-refractivity contribution in [3.8, 4) is 0 Å². The smallest absolute Gasteiger partial charge is 0.157 e. The van der Waals surface area contributed by atoms with Gasteiger partial charge in [0.2, 0.25) is 0 Å². The summed E-state index contributed by atoms with van der Waals surface area (Å²) >= 11 is 5.31. The van der Waals surface area contributed by atoms with Crippen LogP contribution in [0.2, 0.25) is 0 Å². The molecule has 1 aliphatic heterocycles. The summed E-state index contributed by atoms with van der Waals surface area (Å²) in [7, 11) is 0. The summed E-state index contributed by atoms with van der Waals surface area (Å²) in [4.78, 5) is 0. The van der Waals surface area contributed by atoms with Gasteiger partial charge in [-0.15, -0.1) is 10.2 Å². The summed E-state index contributed by atoms with van der Waals surface area (Å²) in [6.45, 7) is 1.94. The van der Waals surface area contributed by atoms with Crippen molar-refractivity contribution in [2.75, 3.05) is 0 Å². The van der Waals surface area contributed by atoms with Gasteiger partial charge in [-0.25, -0.2) is 11.1 Å². The van der Waals surface area contributed by atoms with E-state index in [-0.39, 0.29) is 5.56 Å². The highest BCUT2D eigenvalue weighted by molar-refractivity contribution is 6.21. The van der Waals surface area contributed by atoms with Crippen LogP contribution in [0, 0.1) is 11.1 Å². The van der Waals surface area contributed by atoms with Crippen LogP contribution in [0.5, 0.6) is 0 Å². The molecule has 6 N–H and O–H groups in total. The minimum atomic E-state index is 0.0231. The number of halogens is 1. The average molecular weight is 237 g/mol. The number of hydrazone groups is 2. The maximum Gasteiger partial charge on any atom is 0.157 e. The fraction of sp³-hybridized carbons (Fsp3) is 0.600. The van der Waals surface area contributed by atoms with Crippen LogP contribution in [0.15, 0.2) is 20.4 Å². The fourth-order valence-electron chi connectivity index (χ4n) is 0.226. The first kappa shape index (κ1) is 15.8. The molecule has 15 heavy (non-hydrogen) atoms. The number of alkyl halides is 1. The van der Waals surface area contributed by atoms with E-state index in [1.54, 1.807) is 0 Å². The largest absolute Gasteiger partial charge is 0.353 e. The maximum atomic E-state index is 6.00. The molecular weight excluding hydrogens is 224 g/mol. The third-order valence-corrected chi connectivity index (χ3v) is 1.34. The molecule has 9 nitrogen and oxygen atoms in total. The van der Waals surface area contributed by atoms with Crippen molar-refractivity contribution >= 4 is 24.3 Å². The molecule has 0 aromatic rings. The van der Waals surface area contributed by atoms with Crippen LogP contribution in [0.4, 0.5) is 0 Å². The summed E-state index contributed by atoms with van der Waals surface area (Å²) in [5.74, 6) is 8.99. The monoisotopic (exact) mass is 236 g/mol. The molecule has 1 rings (SSSR count). The first-order valence-electron chi connectivity index (χ1n) is 3.60. The van der Waals surface area contributed by atoms with Gasteiger partial charge in [-0.2, -0.15) is 10.2 Å². The van der Waals surface area contributed by atoms with E-state index in [2.05, 4.69) is 36.9 Å². The number of nitrogens with zero attached hydrogens (tertiary/aromatic N) is 4. The number of ether oxygens (including phenoxy) is 1. The Balaban J connectivity index is 0. The maximum absolute atomic E-state index is 6.00. The number of rotatable bonds is 2. The number of hydrogen-bond donors (Lipinski definition) is 4. The highest BCUT2D eigenvalue weighted by Gasteiger charge is 2.30. The Kier molecular flexibility index (Phi) is 13.1. The molecule has 0 aromatic carbocycles. The molecular formula is C5H13ClN8O. The molecule has 10 heteroatoms. The molecule has 0 radical (unpaired) electrons. The molecule has 0 aliphatic carbocycles. The zero-order chi connectivity index (χ0) is 12.1. The third-order valence-electron chi connectivity index (χ3n) is 0.886. The second kappa shape index (κ2) is 12.4. The zero-order valence-corrected chi connectivity index (χ0v) is 8.80. The minimum Gasteiger partial charge on any atom is -0.353 e. The molecule has 0 bridgehead atoms. The van der Waals surface area contributed by atoms with Crippen molar-refractivity contribution in [1.82, 2.24) is 0 Å². The van der Waals surface area contributed by atoms with Crippen molar-refractivity contribution in [2.24, 2.45) is 32.1 Å². The first-order chi connectivity index (χ1) is 7.13. The Bertz CT molecular complexity index is 197. The Hall–Kier alpha value is -1.61. The number of hydrogen-bond acceptors (Lipinski definition) is 7. The Morgan fingerprint density at radius 1 is 1.20 bits per heavy atom. The zero-order valence-electron chi connectivity index (χ0n) is 8.04. The van der Waals surface area contributed by atoms with Crippen molar-refractivity contribution < 1.29 is 4.74 Å². The van der Waals surface area contributed by atoms with Crippen molar-refractivity contribution in [3.63, 3.8) is 0 Å². The molecule has 1 aliphatic rings. The molecule has 1 fully saturated rings. The van der Waals surface area contributed by atoms with Gasteiger partial charge in [-0.1, -0.05) is 11.6 Å². The lowest BCUT2D eigenvalue weighted by molar-refractivity contribution is 0.411. The first-order valence-corrected chi connectivity index (χ1v) is 4.03. The number of nitrogens with two attached hydrogens (primary N) is 2. The van der Waals surface area contributed by atoms with Crippen LogP contribution in [0.3, 0.4) is 0 Å². The molecule has 0 spiro atoms. The lowest BCUT2D eigenvalue weighted by atomic mass is 10.6. The molecule has 1 saturated heterocycles. The van der Waals surface area contributed by atoms with Crippen molar-refractivity contribution in [1.29, 1.82) is 11.1 Å². The van der Waals surface area contributed by atoms with Gasteiger partial charge in [0.1, 0.15) is 0 Å². The van der Waals surface area contributed by atoms with Crippen molar-refractivity contribution in [3.05, 3.63) is 0 Å². The van der Waals surface area contributed by atoms with Crippen molar-refractivity contribution in [2.45, 2.75) is 18.6 Å². The Morgan fingerprint density at radius 2 is 1.47 bits per heavy atom. The highest BCUT2D eigenvalue weighted by Crippen LogP contribution is 2.23. The molecule has 2 unspecified atom stereocenters. The van der Waals surface area contributed by atoms with Gasteiger partial charge < -0.3 is 16.4 Å². The van der Waals surface area contributed by atoms with Gasteiger partial charge in [0.25, 0.3) is 0 Å². The van der Waals surface area contributed by atoms with E-state index < -0.39 is 0 Å². The number of epoxide rings is 1. The summed E-state index contributed by atoms with van der Waals surface area (Å²) in [5.41, 5.74) is 12.0. The van der Waals surface area contributed by atoms with Crippen LogP contribution in [0.1, 0.15) is 6.92 Å². The lowest BCUT2D eigenvalue weighted by Gasteiger charge is -1.58. The van der Waals surface area contributed by atoms with Gasteiger partial charge in [0.05, 0.1) is 6.10 Å². The quantitative estimate of drug-likeness (QED) is 0.106. The minimum absolute atomic E-state index is 0.0231. The van der Waals surface area contributed by atoms with E-state index in [9.17, 15) is 0 Å². The SMILES string of the molecule is CC1OC1Cl.N=NC=NN.N=NC=NN. The summed E-state index contributed by atoms with van der Waals surface area (Å²) < 4.78 is 4.68. The molecule has 0 saturated carbocycles. The van der Waals surface area contributed by atoms with Crippen LogP contribution < -0.4 is 11.7 Å². The van der Waals surface area contributed by atoms with E-state index in [1.165, 1.54) is 0 Å². The summed E-state index contributed by atoms with van der Waals surface area (Å²) in [6.07, 6.45) is 2.21. The Morgan fingerprint density at radius 3 is 1.47 bits per heavy atom. The van der Waals surface area contributed by atoms with Gasteiger partial charge >= 0.3 is 0 Å². The normalized spacial score (nSPS) is 22.3. The molecule has 0 amide bonds. The second-order valence-corrected chi connectivity index (χ2v) is 2.41. The van der Waals surface area contributed by atoms with Crippen LogP contribution in [-0.4, -0.2) is 24.3 Å². The van der Waals surface area contributed by atoms with Gasteiger partial charge in [0, 0.05) is 0 Å². The average Bonchev–Trinajstić information content (AvgIpc) is 2.84. The van der Waals surface area contributed by atoms with Crippen LogP contribution in [-0.2, 0) is 4.74 Å². The third kappa shape index (κ3) is 19.0. The molecule has 0 aromatic heterocycles. The van der Waals surface area contributed by atoms with Gasteiger partial charge in [0.15, 0.2) is 18.2 Å². The molecule has 1 heterocycles. The Labute approximate surface area is 91.5 Å². The lowest BCUT2D eigenvalue weighted by Crippen LogP contribution is -1.75. The van der Waals surface area contributed by atoms with E-state index in [0.717, 1.165) is 12.7 Å². The molecule has 86 valence electrons. The van der Waals surface area contributed by atoms with E-state index in [1.807, 2.05) is 6.92 Å². The summed E-state index contributed by atoms with van der Waals surface area (Å²) in [6, 6.07) is 0. The highest BCUT2D eigenvalue weighted by atomic mass is 35.5. The van der Waals surface area contributed by atoms with Gasteiger partial charge in [-0.3, -0.25) is 0 Å². The van der Waals surface area contributed by atoms with E-state index in [0.29, 0.717) is 6.10 Å². The van der Waals surface area contributed by atoms with E-state index in [4.69, 9.17) is 22.7 Å².